The second-order valence-corrected chi connectivity index (χ2v) is 9.09. The number of allylic oxidation sites excluding steroid dienone is 1. The summed E-state index contributed by atoms with van der Waals surface area (Å²) in [5.41, 5.74) is 2.37. The second kappa shape index (κ2) is 12.5. The van der Waals surface area contributed by atoms with Crippen molar-refractivity contribution in [2.45, 2.75) is 72.8 Å². The number of carbonyl (C=O) groups is 3. The maximum atomic E-state index is 13.2. The lowest BCUT2D eigenvalue weighted by molar-refractivity contribution is -0.149. The van der Waals surface area contributed by atoms with Crippen LogP contribution in [0.4, 0.5) is 0 Å². The Morgan fingerprint density at radius 2 is 1.63 bits per heavy atom. The number of hydrogen-bond acceptors (Lipinski definition) is 7. The zero-order chi connectivity index (χ0) is 26.2. The van der Waals surface area contributed by atoms with Gasteiger partial charge in [0.05, 0.1) is 24.5 Å². The maximum absolute atomic E-state index is 13.2. The summed E-state index contributed by atoms with van der Waals surface area (Å²) in [5, 5.41) is 0. The van der Waals surface area contributed by atoms with E-state index in [1.807, 2.05) is 38.1 Å². The smallest absolute Gasteiger partial charge is 0.336 e. The molecule has 0 saturated heterocycles. The van der Waals surface area contributed by atoms with E-state index < -0.39 is 35.3 Å². The van der Waals surface area contributed by atoms with Crippen LogP contribution in [-0.4, -0.2) is 42.4 Å². The van der Waals surface area contributed by atoms with E-state index in [4.69, 9.17) is 19.2 Å². The van der Waals surface area contributed by atoms with Crippen molar-refractivity contribution in [2.75, 3.05) is 13.2 Å². The number of hydrogen-bond donors (Lipinski definition) is 0. The van der Waals surface area contributed by atoms with Crippen LogP contribution in [0.1, 0.15) is 78.4 Å². The van der Waals surface area contributed by atoms with Crippen LogP contribution in [-0.2, 0) is 28.6 Å². The molecule has 0 saturated carbocycles. The van der Waals surface area contributed by atoms with Gasteiger partial charge in [-0.3, -0.25) is 9.79 Å². The van der Waals surface area contributed by atoms with Crippen LogP contribution in [0.3, 0.4) is 0 Å². The van der Waals surface area contributed by atoms with Crippen LogP contribution in [0.5, 0.6) is 0 Å². The van der Waals surface area contributed by atoms with Gasteiger partial charge in [0.15, 0.2) is 0 Å². The van der Waals surface area contributed by atoms with E-state index in [0.717, 1.165) is 0 Å². The van der Waals surface area contributed by atoms with Crippen molar-refractivity contribution in [1.29, 1.82) is 0 Å². The van der Waals surface area contributed by atoms with Crippen molar-refractivity contribution in [2.24, 2.45) is 10.9 Å². The lowest BCUT2D eigenvalue weighted by atomic mass is 9.73. The Hall–Kier alpha value is -3.22. The van der Waals surface area contributed by atoms with E-state index in [1.54, 1.807) is 40.7 Å². The van der Waals surface area contributed by atoms with Crippen molar-refractivity contribution in [1.82, 2.24) is 0 Å². The van der Waals surface area contributed by atoms with Crippen molar-refractivity contribution in [3.05, 3.63) is 52.7 Å². The van der Waals surface area contributed by atoms with Gasteiger partial charge < -0.3 is 14.2 Å². The van der Waals surface area contributed by atoms with Gasteiger partial charge in [-0.15, -0.1) is 0 Å². The minimum atomic E-state index is -0.786. The van der Waals surface area contributed by atoms with E-state index in [0.29, 0.717) is 41.0 Å². The van der Waals surface area contributed by atoms with E-state index in [-0.39, 0.29) is 13.2 Å². The highest BCUT2D eigenvalue weighted by Gasteiger charge is 2.44. The Morgan fingerprint density at radius 3 is 2.20 bits per heavy atom. The number of rotatable bonds is 9. The molecule has 1 heterocycles. The summed E-state index contributed by atoms with van der Waals surface area (Å²) in [7, 11) is 0. The number of carbonyl (C=O) groups excluding carboxylic acids is 3. The third kappa shape index (κ3) is 7.13. The summed E-state index contributed by atoms with van der Waals surface area (Å²) in [6.45, 7) is 13.1. The first kappa shape index (κ1) is 28.0. The van der Waals surface area contributed by atoms with Crippen LogP contribution < -0.4 is 0 Å². The van der Waals surface area contributed by atoms with Gasteiger partial charge in [0.1, 0.15) is 11.5 Å². The predicted molar refractivity (Wildman–Crippen MR) is 136 cm³/mol. The maximum Gasteiger partial charge on any atom is 0.336 e. The lowest BCUT2D eigenvalue weighted by Gasteiger charge is -2.33. The summed E-state index contributed by atoms with van der Waals surface area (Å²) in [6.07, 6.45) is 4.03. The highest BCUT2D eigenvalue weighted by atomic mass is 16.6. The molecule has 1 aliphatic rings. The van der Waals surface area contributed by atoms with Gasteiger partial charge in [0.25, 0.3) is 0 Å². The molecule has 7 nitrogen and oxygen atoms in total. The lowest BCUT2D eigenvalue weighted by Crippen LogP contribution is -2.38. The van der Waals surface area contributed by atoms with E-state index in [9.17, 15) is 14.4 Å². The van der Waals surface area contributed by atoms with Crippen molar-refractivity contribution in [3.8, 4) is 0 Å². The molecule has 0 aromatic heterocycles. The number of benzene rings is 1. The monoisotopic (exact) mass is 483 g/mol. The first-order valence-electron chi connectivity index (χ1n) is 12.2. The number of esters is 3. The highest BCUT2D eigenvalue weighted by molar-refractivity contribution is 6.08. The van der Waals surface area contributed by atoms with Gasteiger partial charge in [0.2, 0.25) is 0 Å². The third-order valence-corrected chi connectivity index (χ3v) is 5.46. The van der Waals surface area contributed by atoms with Crippen LogP contribution >= 0.6 is 0 Å². The average Bonchev–Trinajstić information content (AvgIpc) is 2.80. The van der Waals surface area contributed by atoms with Crippen LogP contribution in [0, 0.1) is 5.92 Å². The Balaban J connectivity index is 2.72. The fourth-order valence-corrected chi connectivity index (χ4v) is 4.14. The Kier molecular flexibility index (Phi) is 9.99. The molecule has 0 fully saturated rings. The molecule has 190 valence electrons. The molecule has 7 heteroatoms. The molecular formula is C28H37NO6. The standard InChI is InChI=1S/C28H37NO6/c1-8-20-24(26(31)33-10-3)23(25(21(9-2)29-20)27(32)34-11-4)19-15-13-12-14-18(19)16-17-22(30)35-28(5,6)7/h12-17,23-24H,8-11H2,1-7H3. The Bertz CT molecular complexity index is 1030. The molecule has 0 spiro atoms. The quantitative estimate of drug-likeness (QED) is 0.265. The molecule has 0 amide bonds. The molecule has 2 rings (SSSR count). The predicted octanol–water partition coefficient (Wildman–Crippen LogP) is 5.40. The van der Waals surface area contributed by atoms with Crippen LogP contribution in [0.15, 0.2) is 46.6 Å². The van der Waals surface area contributed by atoms with Gasteiger partial charge in [-0.1, -0.05) is 38.1 Å². The first-order valence-corrected chi connectivity index (χ1v) is 12.2. The molecule has 1 aromatic carbocycles. The summed E-state index contributed by atoms with van der Waals surface area (Å²) in [6, 6.07) is 7.37. The van der Waals surface area contributed by atoms with E-state index in [2.05, 4.69) is 0 Å². The SMILES string of the molecule is CCOC(=O)C1=C(CC)N=C(CC)C(C(=O)OCC)C1c1ccccc1C=CC(=O)OC(C)(C)C. The summed E-state index contributed by atoms with van der Waals surface area (Å²) in [4.78, 5) is 43.5. The Morgan fingerprint density at radius 1 is 0.971 bits per heavy atom. The van der Waals surface area contributed by atoms with Crippen molar-refractivity contribution >= 4 is 29.7 Å². The summed E-state index contributed by atoms with van der Waals surface area (Å²) in [5.74, 6) is -2.89. The molecule has 0 bridgehead atoms. The normalized spacial score (nSPS) is 18.3. The zero-order valence-corrected chi connectivity index (χ0v) is 21.8. The third-order valence-electron chi connectivity index (χ3n) is 5.46. The molecule has 35 heavy (non-hydrogen) atoms. The van der Waals surface area contributed by atoms with Gasteiger partial charge in [-0.25, -0.2) is 9.59 Å². The molecule has 2 unspecified atom stereocenters. The number of aliphatic imine (C=N–C) groups is 1. The molecule has 0 N–H and O–H groups in total. The number of ether oxygens (including phenoxy) is 3. The zero-order valence-electron chi connectivity index (χ0n) is 21.8. The van der Waals surface area contributed by atoms with Gasteiger partial charge >= 0.3 is 17.9 Å². The molecule has 1 aliphatic heterocycles. The fraction of sp³-hybridized carbons (Fsp3) is 0.500. The summed E-state index contributed by atoms with van der Waals surface area (Å²) < 4.78 is 16.2. The van der Waals surface area contributed by atoms with Crippen molar-refractivity contribution in [3.63, 3.8) is 0 Å². The molecule has 2 atom stereocenters. The minimum Gasteiger partial charge on any atom is -0.465 e. The molecule has 0 radical (unpaired) electrons. The number of nitrogens with zero attached hydrogens (tertiary/aromatic N) is 1. The first-order chi connectivity index (χ1) is 16.6. The molecule has 0 aliphatic carbocycles. The van der Waals surface area contributed by atoms with Gasteiger partial charge in [0, 0.05) is 17.7 Å². The van der Waals surface area contributed by atoms with Crippen molar-refractivity contribution < 1.29 is 28.6 Å². The Labute approximate surface area is 208 Å². The van der Waals surface area contributed by atoms with Crippen LogP contribution in [0.2, 0.25) is 0 Å². The molecule has 1 aromatic rings. The van der Waals surface area contributed by atoms with Crippen LogP contribution in [0.25, 0.3) is 6.08 Å². The minimum absolute atomic E-state index is 0.195. The molecular weight excluding hydrogens is 446 g/mol. The van der Waals surface area contributed by atoms with E-state index in [1.165, 1.54) is 6.08 Å². The van der Waals surface area contributed by atoms with Gasteiger partial charge in [-0.2, -0.15) is 0 Å². The van der Waals surface area contributed by atoms with Gasteiger partial charge in [-0.05, 0) is 64.7 Å². The topological polar surface area (TPSA) is 91.3 Å². The highest BCUT2D eigenvalue weighted by Crippen LogP contribution is 2.43. The van der Waals surface area contributed by atoms with E-state index >= 15 is 0 Å². The summed E-state index contributed by atoms with van der Waals surface area (Å²) >= 11 is 0. The fourth-order valence-electron chi connectivity index (χ4n) is 4.14. The largest absolute Gasteiger partial charge is 0.465 e. The second-order valence-electron chi connectivity index (χ2n) is 9.09. The average molecular weight is 484 g/mol.